The van der Waals surface area contributed by atoms with Gasteiger partial charge in [-0.05, 0) is 49.9 Å². The van der Waals surface area contributed by atoms with Crippen molar-refractivity contribution in [3.05, 3.63) is 28.5 Å². The van der Waals surface area contributed by atoms with Gasteiger partial charge in [-0.2, -0.15) is 5.10 Å². The average molecular weight is 231 g/mol. The van der Waals surface area contributed by atoms with Crippen LogP contribution in [0.4, 0.5) is 0 Å². The molecule has 0 fully saturated rings. The predicted octanol–water partition coefficient (Wildman–Crippen LogP) is 3.44. The molecular formula is C15H23N2+. The first-order valence-electron chi connectivity index (χ1n) is 6.24. The molecule has 0 atom stereocenters. The highest BCUT2D eigenvalue weighted by Crippen LogP contribution is 2.27. The highest BCUT2D eigenvalue weighted by molar-refractivity contribution is 5.86. The molecule has 17 heavy (non-hydrogen) atoms. The first-order chi connectivity index (χ1) is 7.73. The molecular weight excluding hydrogens is 208 g/mol. The number of aromatic nitrogens is 2. The van der Waals surface area contributed by atoms with Crippen molar-refractivity contribution in [2.24, 2.45) is 0 Å². The fourth-order valence-corrected chi connectivity index (χ4v) is 2.29. The molecule has 0 radical (unpaired) electrons. The minimum atomic E-state index is 0.0969. The van der Waals surface area contributed by atoms with Gasteiger partial charge >= 0.3 is 0 Å². The standard InChI is InChI=1S/C15H22N2/c1-9-10(2)12(4)14-13(11(9)3)8-17(16-14)15(5,6)7/h8H,1-7H3/p+1. The summed E-state index contributed by atoms with van der Waals surface area (Å²) in [6.07, 6.45) is 2.24. The molecule has 2 heteroatoms. The van der Waals surface area contributed by atoms with Crippen LogP contribution in [0.5, 0.6) is 0 Å². The Hall–Kier alpha value is -1.31. The van der Waals surface area contributed by atoms with Crippen LogP contribution in [0.1, 0.15) is 43.0 Å². The molecule has 1 aromatic heterocycles. The first-order valence-corrected chi connectivity index (χ1v) is 6.24. The largest absolute Gasteiger partial charge is 0.204 e. The van der Waals surface area contributed by atoms with Crippen LogP contribution >= 0.6 is 0 Å². The summed E-state index contributed by atoms with van der Waals surface area (Å²) < 4.78 is 2.20. The number of aromatic amines is 1. The smallest absolute Gasteiger partial charge is 0.164 e. The summed E-state index contributed by atoms with van der Waals surface area (Å²) in [5.41, 5.74) is 6.95. The maximum Gasteiger partial charge on any atom is 0.204 e. The summed E-state index contributed by atoms with van der Waals surface area (Å²) in [5, 5.41) is 4.88. The normalized spacial score (nSPS) is 12.4. The van der Waals surface area contributed by atoms with Crippen LogP contribution in [0.2, 0.25) is 0 Å². The number of fused-ring (bicyclic) bond motifs is 1. The number of hydrogen-bond donors (Lipinski definition) is 1. The van der Waals surface area contributed by atoms with Gasteiger partial charge in [-0.25, -0.2) is 0 Å². The van der Waals surface area contributed by atoms with Crippen molar-refractivity contribution in [2.75, 3.05) is 0 Å². The summed E-state index contributed by atoms with van der Waals surface area (Å²) in [6.45, 7) is 15.5. The third kappa shape index (κ3) is 1.76. The molecule has 2 nitrogen and oxygen atoms in total. The Morgan fingerprint density at radius 1 is 0.882 bits per heavy atom. The van der Waals surface area contributed by atoms with Gasteiger partial charge in [-0.15, -0.1) is 4.68 Å². The van der Waals surface area contributed by atoms with Gasteiger partial charge in [0.2, 0.25) is 6.20 Å². The lowest BCUT2D eigenvalue weighted by atomic mass is 9.96. The molecule has 0 aliphatic carbocycles. The quantitative estimate of drug-likeness (QED) is 0.670. The first kappa shape index (κ1) is 12.2. The van der Waals surface area contributed by atoms with E-state index < -0.39 is 0 Å². The van der Waals surface area contributed by atoms with Gasteiger partial charge in [0.25, 0.3) is 0 Å². The molecule has 1 aromatic carbocycles. The molecule has 2 aromatic rings. The summed E-state index contributed by atoms with van der Waals surface area (Å²) >= 11 is 0. The molecule has 1 heterocycles. The molecule has 0 bridgehead atoms. The maximum absolute atomic E-state index is 3.53. The Morgan fingerprint density at radius 2 is 1.41 bits per heavy atom. The predicted molar refractivity (Wildman–Crippen MR) is 72.4 cm³/mol. The summed E-state index contributed by atoms with van der Waals surface area (Å²) in [4.78, 5) is 0. The van der Waals surface area contributed by atoms with Crippen molar-refractivity contribution in [3.8, 4) is 0 Å². The van der Waals surface area contributed by atoms with Crippen molar-refractivity contribution < 1.29 is 4.68 Å². The second-order valence-corrected chi connectivity index (χ2v) is 6.07. The van der Waals surface area contributed by atoms with Gasteiger partial charge in [0.15, 0.2) is 5.54 Å². The average Bonchev–Trinajstić information content (AvgIpc) is 2.67. The van der Waals surface area contributed by atoms with Crippen LogP contribution in [0, 0.1) is 27.7 Å². The van der Waals surface area contributed by atoms with E-state index in [9.17, 15) is 0 Å². The zero-order valence-corrected chi connectivity index (χ0v) is 12.0. The van der Waals surface area contributed by atoms with Crippen molar-refractivity contribution >= 4 is 10.9 Å². The van der Waals surface area contributed by atoms with Crippen molar-refractivity contribution in [3.63, 3.8) is 0 Å². The Morgan fingerprint density at radius 3 is 1.94 bits per heavy atom. The summed E-state index contributed by atoms with van der Waals surface area (Å²) in [7, 11) is 0. The molecule has 0 spiro atoms. The molecule has 0 unspecified atom stereocenters. The van der Waals surface area contributed by atoms with Crippen LogP contribution in [-0.4, -0.2) is 5.10 Å². The number of nitrogens with one attached hydrogen (secondary N) is 1. The molecule has 1 N–H and O–H groups in total. The van der Waals surface area contributed by atoms with Crippen molar-refractivity contribution in [2.45, 2.75) is 54.0 Å². The maximum atomic E-state index is 3.53. The number of rotatable bonds is 0. The monoisotopic (exact) mass is 231 g/mol. The van der Waals surface area contributed by atoms with Gasteiger partial charge in [0.05, 0.1) is 5.39 Å². The number of H-pyrrole nitrogens is 1. The topological polar surface area (TPSA) is 19.7 Å². The number of hydrogen-bond acceptors (Lipinski definition) is 0. The molecule has 0 saturated heterocycles. The van der Waals surface area contributed by atoms with Crippen molar-refractivity contribution in [1.82, 2.24) is 5.10 Å². The van der Waals surface area contributed by atoms with Crippen LogP contribution in [0.25, 0.3) is 10.9 Å². The van der Waals surface area contributed by atoms with E-state index in [0.717, 1.165) is 0 Å². The van der Waals surface area contributed by atoms with E-state index in [-0.39, 0.29) is 5.54 Å². The molecule has 0 amide bonds. The molecule has 0 saturated carbocycles. The Balaban J connectivity index is 2.86. The van der Waals surface area contributed by atoms with E-state index in [2.05, 4.69) is 64.4 Å². The third-order valence-electron chi connectivity index (χ3n) is 3.95. The Bertz CT molecular complexity index is 538. The van der Waals surface area contributed by atoms with Gasteiger partial charge in [-0.3, -0.25) is 0 Å². The van der Waals surface area contributed by atoms with Crippen molar-refractivity contribution in [1.29, 1.82) is 0 Å². The van der Waals surface area contributed by atoms with Gasteiger partial charge in [0.1, 0.15) is 5.52 Å². The van der Waals surface area contributed by atoms with E-state index in [4.69, 9.17) is 0 Å². The van der Waals surface area contributed by atoms with Gasteiger partial charge in [-0.1, -0.05) is 0 Å². The number of nitrogens with zero attached hydrogens (tertiary/aromatic N) is 1. The van der Waals surface area contributed by atoms with Gasteiger partial charge in [0, 0.05) is 20.8 Å². The fourth-order valence-electron chi connectivity index (χ4n) is 2.29. The third-order valence-corrected chi connectivity index (χ3v) is 3.95. The second-order valence-electron chi connectivity index (χ2n) is 6.07. The van der Waals surface area contributed by atoms with Crippen LogP contribution in [0.3, 0.4) is 0 Å². The van der Waals surface area contributed by atoms with Crippen LogP contribution in [0.15, 0.2) is 6.20 Å². The van der Waals surface area contributed by atoms with E-state index in [1.54, 1.807) is 0 Å². The molecule has 0 aliphatic heterocycles. The minimum Gasteiger partial charge on any atom is -0.164 e. The van der Waals surface area contributed by atoms with Crippen LogP contribution in [-0.2, 0) is 5.54 Å². The van der Waals surface area contributed by atoms with E-state index in [1.165, 1.54) is 33.2 Å². The molecule has 2 rings (SSSR count). The molecule has 92 valence electrons. The minimum absolute atomic E-state index is 0.0969. The van der Waals surface area contributed by atoms with Gasteiger partial charge < -0.3 is 0 Å². The van der Waals surface area contributed by atoms with Crippen LogP contribution < -0.4 is 4.68 Å². The van der Waals surface area contributed by atoms with E-state index in [0.29, 0.717) is 0 Å². The lowest BCUT2D eigenvalue weighted by Gasteiger charge is -2.08. The zero-order valence-electron chi connectivity index (χ0n) is 12.0. The zero-order chi connectivity index (χ0) is 13.0. The number of benzene rings is 1. The highest BCUT2D eigenvalue weighted by atomic mass is 15.3. The SMILES string of the molecule is Cc1c(C)c(C)c2[nH][n+](C(C)(C)C)cc2c1C. The Labute approximate surface area is 104 Å². The van der Waals surface area contributed by atoms with E-state index >= 15 is 0 Å². The lowest BCUT2D eigenvalue weighted by Crippen LogP contribution is -2.51. The number of aryl methyl sites for hydroxylation is 2. The molecule has 0 aliphatic rings. The second kappa shape index (κ2) is 3.59. The fraction of sp³-hybridized carbons (Fsp3) is 0.533. The lowest BCUT2D eigenvalue weighted by molar-refractivity contribution is -0.800. The summed E-state index contributed by atoms with van der Waals surface area (Å²) in [6, 6.07) is 0. The Kier molecular flexibility index (Phi) is 2.57. The highest BCUT2D eigenvalue weighted by Gasteiger charge is 2.26. The van der Waals surface area contributed by atoms with E-state index in [1.807, 2.05) is 0 Å². The summed E-state index contributed by atoms with van der Waals surface area (Å²) in [5.74, 6) is 0.